The smallest absolute Gasteiger partial charge is 0.119 e. The minimum Gasteiger partial charge on any atom is -0.497 e. The third-order valence-corrected chi connectivity index (χ3v) is 3.65. The standard InChI is InChI=1S/C20H19N3O/c1-16-7-3-4-9-20(16)23(18-10-12-19(24-2)13-11-18)22-15-17-8-5-6-14-21-17/h3-15H,1-2H3/b22-15+. The Labute approximate surface area is 142 Å². The van der Waals surface area contributed by atoms with E-state index in [1.165, 1.54) is 0 Å². The maximum absolute atomic E-state index is 5.24. The minimum absolute atomic E-state index is 0.810. The van der Waals surface area contributed by atoms with Gasteiger partial charge in [-0.2, -0.15) is 5.10 Å². The van der Waals surface area contributed by atoms with E-state index in [4.69, 9.17) is 4.74 Å². The van der Waals surface area contributed by atoms with Crippen molar-refractivity contribution in [3.05, 3.63) is 84.2 Å². The molecule has 4 heteroatoms. The van der Waals surface area contributed by atoms with Gasteiger partial charge in [0.2, 0.25) is 0 Å². The first-order valence-corrected chi connectivity index (χ1v) is 7.73. The predicted molar refractivity (Wildman–Crippen MR) is 98.1 cm³/mol. The lowest BCUT2D eigenvalue weighted by atomic mass is 10.2. The van der Waals surface area contributed by atoms with Crippen molar-refractivity contribution < 1.29 is 4.74 Å². The second-order valence-electron chi connectivity index (χ2n) is 5.30. The first kappa shape index (κ1) is 15.7. The molecular formula is C20H19N3O. The fourth-order valence-electron chi connectivity index (χ4n) is 2.36. The van der Waals surface area contributed by atoms with Crippen molar-refractivity contribution in [3.63, 3.8) is 0 Å². The molecule has 0 amide bonds. The SMILES string of the molecule is COc1ccc(N(/N=C/c2ccccn2)c2ccccc2C)cc1. The van der Waals surface area contributed by atoms with Crippen molar-refractivity contribution >= 4 is 17.6 Å². The number of pyridine rings is 1. The molecule has 0 aliphatic carbocycles. The number of methoxy groups -OCH3 is 1. The van der Waals surface area contributed by atoms with Gasteiger partial charge in [-0.3, -0.25) is 4.98 Å². The van der Waals surface area contributed by atoms with E-state index in [0.29, 0.717) is 0 Å². The van der Waals surface area contributed by atoms with Gasteiger partial charge in [-0.1, -0.05) is 24.3 Å². The van der Waals surface area contributed by atoms with Crippen LogP contribution in [0.5, 0.6) is 5.75 Å². The van der Waals surface area contributed by atoms with Crippen LogP contribution >= 0.6 is 0 Å². The summed E-state index contributed by atoms with van der Waals surface area (Å²) in [7, 11) is 1.66. The summed E-state index contributed by atoms with van der Waals surface area (Å²) in [6.07, 6.45) is 3.52. The van der Waals surface area contributed by atoms with E-state index in [1.54, 1.807) is 19.5 Å². The Bertz CT molecular complexity index is 814. The Morgan fingerprint density at radius 1 is 0.958 bits per heavy atom. The average Bonchev–Trinajstić information content (AvgIpc) is 2.64. The van der Waals surface area contributed by atoms with Gasteiger partial charge < -0.3 is 4.74 Å². The molecule has 0 N–H and O–H groups in total. The van der Waals surface area contributed by atoms with Gasteiger partial charge in [0.1, 0.15) is 5.75 Å². The summed E-state index contributed by atoms with van der Waals surface area (Å²) in [6, 6.07) is 21.7. The summed E-state index contributed by atoms with van der Waals surface area (Å²) in [4.78, 5) is 4.29. The number of nitrogens with zero attached hydrogens (tertiary/aromatic N) is 3. The Morgan fingerprint density at radius 2 is 1.71 bits per heavy atom. The molecule has 3 rings (SSSR count). The van der Waals surface area contributed by atoms with E-state index in [1.807, 2.05) is 59.6 Å². The number of rotatable bonds is 5. The summed E-state index contributed by atoms with van der Waals surface area (Å²) in [5.41, 5.74) is 3.93. The molecule has 0 aliphatic heterocycles. The van der Waals surface area contributed by atoms with Crippen molar-refractivity contribution in [2.24, 2.45) is 5.10 Å². The van der Waals surface area contributed by atoms with Crippen LogP contribution in [0.25, 0.3) is 0 Å². The van der Waals surface area contributed by atoms with Crippen LogP contribution in [0.4, 0.5) is 11.4 Å². The van der Waals surface area contributed by atoms with Crippen LogP contribution in [0.2, 0.25) is 0 Å². The van der Waals surface area contributed by atoms with Crippen LogP contribution in [0, 0.1) is 6.92 Å². The molecule has 0 aliphatic rings. The summed E-state index contributed by atoms with van der Waals surface area (Å²) in [6.45, 7) is 2.07. The number of aryl methyl sites for hydroxylation is 1. The highest BCUT2D eigenvalue weighted by molar-refractivity contribution is 5.79. The molecule has 1 heterocycles. The summed E-state index contributed by atoms with van der Waals surface area (Å²) < 4.78 is 5.24. The molecule has 4 nitrogen and oxygen atoms in total. The number of hydrogen-bond acceptors (Lipinski definition) is 4. The molecule has 0 spiro atoms. The van der Waals surface area contributed by atoms with Gasteiger partial charge in [0, 0.05) is 6.20 Å². The lowest BCUT2D eigenvalue weighted by Crippen LogP contribution is -2.11. The Hall–Kier alpha value is -3.14. The van der Waals surface area contributed by atoms with Crippen molar-refractivity contribution in [3.8, 4) is 5.75 Å². The minimum atomic E-state index is 0.810. The predicted octanol–water partition coefficient (Wildman–Crippen LogP) is 4.57. The molecule has 0 radical (unpaired) electrons. The van der Waals surface area contributed by atoms with Crippen LogP contribution in [0.1, 0.15) is 11.3 Å². The second-order valence-corrected chi connectivity index (χ2v) is 5.30. The van der Waals surface area contributed by atoms with Crippen molar-refractivity contribution in [1.29, 1.82) is 0 Å². The summed E-state index contributed by atoms with van der Waals surface area (Å²) in [5, 5.41) is 6.56. The van der Waals surface area contributed by atoms with Gasteiger partial charge in [0.15, 0.2) is 0 Å². The molecule has 0 atom stereocenters. The van der Waals surface area contributed by atoms with Crippen molar-refractivity contribution in [2.45, 2.75) is 6.92 Å². The number of para-hydroxylation sites is 1. The van der Waals surface area contributed by atoms with Gasteiger partial charge in [-0.25, -0.2) is 5.01 Å². The topological polar surface area (TPSA) is 37.7 Å². The highest BCUT2D eigenvalue weighted by Gasteiger charge is 2.10. The second kappa shape index (κ2) is 7.42. The molecule has 3 aromatic rings. The molecular weight excluding hydrogens is 298 g/mol. The molecule has 0 unspecified atom stereocenters. The molecule has 0 saturated carbocycles. The van der Waals surface area contributed by atoms with Gasteiger partial charge in [-0.15, -0.1) is 0 Å². The molecule has 120 valence electrons. The average molecular weight is 317 g/mol. The summed E-state index contributed by atoms with van der Waals surface area (Å²) in [5.74, 6) is 0.817. The zero-order valence-corrected chi connectivity index (χ0v) is 13.8. The van der Waals surface area contributed by atoms with E-state index in [2.05, 4.69) is 29.1 Å². The third kappa shape index (κ3) is 3.60. The van der Waals surface area contributed by atoms with E-state index >= 15 is 0 Å². The van der Waals surface area contributed by atoms with Crippen LogP contribution in [-0.2, 0) is 0 Å². The monoisotopic (exact) mass is 317 g/mol. The number of hydrogen-bond donors (Lipinski definition) is 0. The van der Waals surface area contributed by atoms with Crippen LogP contribution in [0.15, 0.2) is 78.0 Å². The van der Waals surface area contributed by atoms with Gasteiger partial charge in [0.25, 0.3) is 0 Å². The largest absolute Gasteiger partial charge is 0.497 e. The molecule has 1 aromatic heterocycles. The van der Waals surface area contributed by atoms with E-state index in [9.17, 15) is 0 Å². The normalized spacial score (nSPS) is 10.8. The first-order chi connectivity index (χ1) is 11.8. The van der Waals surface area contributed by atoms with Crippen molar-refractivity contribution in [1.82, 2.24) is 4.98 Å². The van der Waals surface area contributed by atoms with Crippen LogP contribution in [0.3, 0.4) is 0 Å². The lowest BCUT2D eigenvalue weighted by molar-refractivity contribution is 0.415. The fraction of sp³-hybridized carbons (Fsp3) is 0.100. The number of ether oxygens (including phenoxy) is 1. The molecule has 0 bridgehead atoms. The lowest BCUT2D eigenvalue weighted by Gasteiger charge is -2.21. The zero-order chi connectivity index (χ0) is 16.8. The quantitative estimate of drug-likeness (QED) is 0.511. The summed E-state index contributed by atoms with van der Waals surface area (Å²) >= 11 is 0. The first-order valence-electron chi connectivity index (χ1n) is 7.73. The van der Waals surface area contributed by atoms with Crippen LogP contribution in [-0.4, -0.2) is 18.3 Å². The van der Waals surface area contributed by atoms with Crippen molar-refractivity contribution in [2.75, 3.05) is 12.1 Å². The van der Waals surface area contributed by atoms with Crippen LogP contribution < -0.4 is 9.75 Å². The molecule has 24 heavy (non-hydrogen) atoms. The molecule has 0 saturated heterocycles. The number of aromatic nitrogens is 1. The maximum atomic E-state index is 5.24. The Kier molecular flexibility index (Phi) is 4.87. The molecule has 0 fully saturated rings. The zero-order valence-electron chi connectivity index (χ0n) is 13.8. The van der Waals surface area contributed by atoms with Gasteiger partial charge >= 0.3 is 0 Å². The highest BCUT2D eigenvalue weighted by atomic mass is 16.5. The van der Waals surface area contributed by atoms with Gasteiger partial charge in [0.05, 0.1) is 30.4 Å². The highest BCUT2D eigenvalue weighted by Crippen LogP contribution is 2.29. The number of hydrazone groups is 1. The maximum Gasteiger partial charge on any atom is 0.119 e. The van der Waals surface area contributed by atoms with E-state index in [0.717, 1.165) is 28.4 Å². The fourth-order valence-corrected chi connectivity index (χ4v) is 2.36. The third-order valence-electron chi connectivity index (χ3n) is 3.65. The van der Waals surface area contributed by atoms with E-state index in [-0.39, 0.29) is 0 Å². The number of benzene rings is 2. The number of anilines is 2. The van der Waals surface area contributed by atoms with Gasteiger partial charge in [-0.05, 0) is 55.0 Å². The van der Waals surface area contributed by atoms with E-state index < -0.39 is 0 Å². The molecule has 2 aromatic carbocycles. The Morgan fingerprint density at radius 3 is 2.38 bits per heavy atom. The Balaban J connectivity index is 2.00.